The van der Waals surface area contributed by atoms with Crippen LogP contribution in [0.1, 0.15) is 32.1 Å². The quantitative estimate of drug-likeness (QED) is 0.777. The molecule has 5 heteroatoms. The first-order valence-corrected chi connectivity index (χ1v) is 8.59. The minimum atomic E-state index is 0.0493. The number of hydrogen-bond acceptors (Lipinski definition) is 4. The molecular weight excluding hydrogens is 290 g/mol. The lowest BCUT2D eigenvalue weighted by Gasteiger charge is -2.45. The average Bonchev–Trinajstić information content (AvgIpc) is 2.54. The Hall–Kier alpha value is -1.75. The molecule has 3 rings (SSSR count). The van der Waals surface area contributed by atoms with Crippen molar-refractivity contribution in [2.24, 2.45) is 17.6 Å². The van der Waals surface area contributed by atoms with Crippen LogP contribution in [-0.2, 0) is 4.79 Å². The van der Waals surface area contributed by atoms with Crippen LogP contribution in [0.2, 0.25) is 0 Å². The van der Waals surface area contributed by atoms with Crippen molar-refractivity contribution in [3.05, 3.63) is 24.3 Å². The molecule has 1 aromatic rings. The Morgan fingerprint density at radius 3 is 2.65 bits per heavy atom. The molecule has 2 fully saturated rings. The van der Waals surface area contributed by atoms with Crippen molar-refractivity contribution < 1.29 is 9.53 Å². The zero-order chi connectivity index (χ0) is 16.2. The summed E-state index contributed by atoms with van der Waals surface area (Å²) in [6.07, 6.45) is 5.74. The summed E-state index contributed by atoms with van der Waals surface area (Å²) in [7, 11) is 1.63. The minimum Gasteiger partial charge on any atom is -0.495 e. The summed E-state index contributed by atoms with van der Waals surface area (Å²) in [5.74, 6) is 1.90. The molecule has 2 aliphatic rings. The molecule has 2 unspecified atom stereocenters. The number of benzene rings is 1. The molecular formula is C18H27N3O2. The third-order valence-corrected chi connectivity index (χ3v) is 5.25. The maximum atomic E-state index is 12.4. The van der Waals surface area contributed by atoms with Gasteiger partial charge < -0.3 is 21.1 Å². The second-order valence-corrected chi connectivity index (χ2v) is 6.83. The number of methoxy groups -OCH3 is 1. The van der Waals surface area contributed by atoms with E-state index in [4.69, 9.17) is 10.5 Å². The number of amides is 1. The smallest absolute Gasteiger partial charge is 0.239 e. The highest BCUT2D eigenvalue weighted by molar-refractivity contribution is 5.81. The Bertz CT molecular complexity index is 535. The fourth-order valence-corrected chi connectivity index (χ4v) is 4.23. The van der Waals surface area contributed by atoms with Crippen molar-refractivity contribution in [1.82, 2.24) is 5.32 Å². The number of hydrogen-bond donors (Lipinski definition) is 3. The van der Waals surface area contributed by atoms with Crippen molar-refractivity contribution >= 4 is 11.6 Å². The van der Waals surface area contributed by atoms with Gasteiger partial charge >= 0.3 is 0 Å². The van der Waals surface area contributed by atoms with Gasteiger partial charge in [-0.1, -0.05) is 18.6 Å². The predicted molar refractivity (Wildman–Crippen MR) is 91.5 cm³/mol. The van der Waals surface area contributed by atoms with E-state index in [-0.39, 0.29) is 12.5 Å². The zero-order valence-electron chi connectivity index (χ0n) is 13.8. The normalized spacial score (nSPS) is 29.7. The molecule has 0 radical (unpaired) electrons. The van der Waals surface area contributed by atoms with E-state index in [1.54, 1.807) is 7.11 Å². The molecule has 1 amide bonds. The first-order chi connectivity index (χ1) is 11.2. The highest BCUT2D eigenvalue weighted by Crippen LogP contribution is 2.39. The predicted octanol–water partition coefficient (Wildman–Crippen LogP) is 2.13. The van der Waals surface area contributed by atoms with Crippen LogP contribution in [0.4, 0.5) is 5.69 Å². The number of rotatable bonds is 5. The number of carbonyl (C=O) groups excluding carboxylic acids is 1. The summed E-state index contributed by atoms with van der Waals surface area (Å²) in [4.78, 5) is 12.4. The highest BCUT2D eigenvalue weighted by atomic mass is 16.5. The summed E-state index contributed by atoms with van der Waals surface area (Å²) >= 11 is 0. The lowest BCUT2D eigenvalue weighted by atomic mass is 9.67. The lowest BCUT2D eigenvalue weighted by Crippen LogP contribution is -2.54. The van der Waals surface area contributed by atoms with Crippen LogP contribution >= 0.6 is 0 Å². The van der Waals surface area contributed by atoms with E-state index >= 15 is 0 Å². The molecule has 4 N–H and O–H groups in total. The van der Waals surface area contributed by atoms with Crippen LogP contribution in [0.5, 0.6) is 5.75 Å². The number of anilines is 1. The molecule has 2 atom stereocenters. The maximum Gasteiger partial charge on any atom is 0.239 e. The summed E-state index contributed by atoms with van der Waals surface area (Å²) in [6, 6.07) is 8.25. The third-order valence-electron chi connectivity index (χ3n) is 5.25. The average molecular weight is 317 g/mol. The molecule has 0 aliphatic heterocycles. The van der Waals surface area contributed by atoms with E-state index in [0.717, 1.165) is 24.3 Å². The first-order valence-electron chi connectivity index (χ1n) is 8.59. The number of para-hydroxylation sites is 2. The third kappa shape index (κ3) is 3.78. The standard InChI is InChI=1S/C18H27N3O2/c1-23-16-8-3-2-7-15(16)20-11-17(22)21-18-12-5-4-6-13(18)10-14(19)9-12/h2-3,7-8,12-14,18,20H,4-6,9-11,19H2,1H3,(H,21,22). The Kier molecular flexibility index (Phi) is 5.06. The Balaban J connectivity index is 1.55. The van der Waals surface area contributed by atoms with Crippen LogP contribution in [-0.4, -0.2) is 31.6 Å². The van der Waals surface area contributed by atoms with E-state index in [9.17, 15) is 4.79 Å². The molecule has 0 heterocycles. The molecule has 5 nitrogen and oxygen atoms in total. The van der Waals surface area contributed by atoms with Gasteiger partial charge in [-0.05, 0) is 49.7 Å². The molecule has 2 bridgehead atoms. The van der Waals surface area contributed by atoms with Crippen LogP contribution in [0.15, 0.2) is 24.3 Å². The van der Waals surface area contributed by atoms with Gasteiger partial charge in [0.2, 0.25) is 5.91 Å². The summed E-state index contributed by atoms with van der Waals surface area (Å²) in [5, 5.41) is 6.42. The highest BCUT2D eigenvalue weighted by Gasteiger charge is 2.39. The number of fused-ring (bicyclic) bond motifs is 2. The van der Waals surface area contributed by atoms with Crippen LogP contribution in [0.3, 0.4) is 0 Å². The summed E-state index contributed by atoms with van der Waals surface area (Å²) in [6.45, 7) is 0.266. The minimum absolute atomic E-state index is 0.0493. The van der Waals surface area contributed by atoms with Gasteiger partial charge in [0.15, 0.2) is 0 Å². The number of carbonyl (C=O) groups is 1. The van der Waals surface area contributed by atoms with Crippen molar-refractivity contribution in [2.75, 3.05) is 19.0 Å². The van der Waals surface area contributed by atoms with Gasteiger partial charge in [0.05, 0.1) is 19.3 Å². The Morgan fingerprint density at radius 2 is 1.96 bits per heavy atom. The Morgan fingerprint density at radius 1 is 1.26 bits per heavy atom. The largest absolute Gasteiger partial charge is 0.495 e. The lowest BCUT2D eigenvalue weighted by molar-refractivity contribution is -0.121. The fourth-order valence-electron chi connectivity index (χ4n) is 4.23. The second-order valence-electron chi connectivity index (χ2n) is 6.83. The van der Waals surface area contributed by atoms with E-state index < -0.39 is 0 Å². The van der Waals surface area contributed by atoms with E-state index in [1.165, 1.54) is 19.3 Å². The molecule has 23 heavy (non-hydrogen) atoms. The molecule has 126 valence electrons. The van der Waals surface area contributed by atoms with E-state index in [1.807, 2.05) is 24.3 Å². The molecule has 0 saturated heterocycles. The summed E-state index contributed by atoms with van der Waals surface area (Å²) in [5.41, 5.74) is 6.99. The maximum absolute atomic E-state index is 12.4. The zero-order valence-corrected chi connectivity index (χ0v) is 13.8. The topological polar surface area (TPSA) is 76.4 Å². The van der Waals surface area contributed by atoms with Gasteiger partial charge in [-0.15, -0.1) is 0 Å². The van der Waals surface area contributed by atoms with Crippen LogP contribution in [0.25, 0.3) is 0 Å². The van der Waals surface area contributed by atoms with Crippen molar-refractivity contribution in [3.8, 4) is 5.75 Å². The van der Waals surface area contributed by atoms with E-state index in [2.05, 4.69) is 10.6 Å². The van der Waals surface area contributed by atoms with Gasteiger partial charge in [-0.2, -0.15) is 0 Å². The number of ether oxygens (including phenoxy) is 1. The molecule has 2 saturated carbocycles. The first kappa shape index (κ1) is 16.1. The van der Waals surface area contributed by atoms with Gasteiger partial charge in [0, 0.05) is 12.1 Å². The van der Waals surface area contributed by atoms with Gasteiger partial charge in [0.1, 0.15) is 5.75 Å². The van der Waals surface area contributed by atoms with Crippen LogP contribution < -0.4 is 21.1 Å². The van der Waals surface area contributed by atoms with Gasteiger partial charge in [-0.3, -0.25) is 4.79 Å². The van der Waals surface area contributed by atoms with Crippen molar-refractivity contribution in [2.45, 2.75) is 44.2 Å². The monoisotopic (exact) mass is 317 g/mol. The molecule has 1 aromatic carbocycles. The summed E-state index contributed by atoms with van der Waals surface area (Å²) < 4.78 is 5.29. The van der Waals surface area contributed by atoms with Crippen molar-refractivity contribution in [3.63, 3.8) is 0 Å². The SMILES string of the molecule is COc1ccccc1NCC(=O)NC1C2CCCC1CC(N)C2. The van der Waals surface area contributed by atoms with Crippen molar-refractivity contribution in [1.29, 1.82) is 0 Å². The Labute approximate surface area is 138 Å². The van der Waals surface area contributed by atoms with Gasteiger partial charge in [-0.25, -0.2) is 0 Å². The molecule has 0 spiro atoms. The van der Waals surface area contributed by atoms with Gasteiger partial charge in [0.25, 0.3) is 0 Å². The number of nitrogens with two attached hydrogens (primary N) is 1. The molecule has 2 aliphatic carbocycles. The van der Waals surface area contributed by atoms with Crippen LogP contribution in [0, 0.1) is 11.8 Å². The van der Waals surface area contributed by atoms with E-state index in [0.29, 0.717) is 23.9 Å². The number of nitrogens with one attached hydrogen (secondary N) is 2. The molecule has 0 aromatic heterocycles. The second kappa shape index (κ2) is 7.21. The fraction of sp³-hybridized carbons (Fsp3) is 0.611.